The van der Waals surface area contributed by atoms with E-state index < -0.39 is 17.9 Å². The molecular formula is C33H37N5O7. The normalized spacial score (nSPS) is 15.7. The van der Waals surface area contributed by atoms with E-state index in [1.807, 2.05) is 30.3 Å². The first kappa shape index (κ1) is 32.9. The number of hydrazone groups is 1. The molecule has 1 saturated heterocycles. The number of carbonyl (C=O) groups is 5. The van der Waals surface area contributed by atoms with Gasteiger partial charge in [-0.2, -0.15) is 5.10 Å². The van der Waals surface area contributed by atoms with Crippen LogP contribution in [0.1, 0.15) is 91.3 Å². The van der Waals surface area contributed by atoms with Crippen molar-refractivity contribution in [3.05, 3.63) is 64.7 Å². The lowest BCUT2D eigenvalue weighted by Crippen LogP contribution is -2.52. The molecule has 0 spiro atoms. The summed E-state index contributed by atoms with van der Waals surface area (Å²) in [5.74, 6) is 5.47. The van der Waals surface area contributed by atoms with Gasteiger partial charge in [-0.05, 0) is 73.2 Å². The van der Waals surface area contributed by atoms with E-state index in [2.05, 4.69) is 27.7 Å². The third kappa shape index (κ3) is 9.74. The third-order valence-electron chi connectivity index (χ3n) is 7.49. The molecule has 0 saturated carbocycles. The molecular weight excluding hydrogens is 578 g/mol. The summed E-state index contributed by atoms with van der Waals surface area (Å²) in [6, 6.07) is 12.1. The fraction of sp³-hybridized carbons (Fsp3) is 0.394. The van der Waals surface area contributed by atoms with Gasteiger partial charge in [-0.25, -0.2) is 10.9 Å². The molecule has 1 atom stereocenters. The van der Waals surface area contributed by atoms with Gasteiger partial charge in [0.2, 0.25) is 23.6 Å². The molecule has 236 valence electrons. The van der Waals surface area contributed by atoms with Gasteiger partial charge in [-0.1, -0.05) is 30.7 Å². The zero-order chi connectivity index (χ0) is 32.0. The van der Waals surface area contributed by atoms with Crippen LogP contribution in [0.25, 0.3) is 0 Å². The number of amides is 5. The summed E-state index contributed by atoms with van der Waals surface area (Å²) in [4.78, 5) is 61.1. The van der Waals surface area contributed by atoms with Crippen LogP contribution in [0.2, 0.25) is 0 Å². The average molecular weight is 616 g/mol. The van der Waals surface area contributed by atoms with E-state index in [4.69, 9.17) is 9.94 Å². The number of hydrogen-bond donors (Lipinski definition) is 4. The quantitative estimate of drug-likeness (QED) is 0.0633. The van der Waals surface area contributed by atoms with E-state index in [1.54, 1.807) is 23.8 Å². The van der Waals surface area contributed by atoms with E-state index in [0.29, 0.717) is 56.4 Å². The van der Waals surface area contributed by atoms with E-state index in [9.17, 15) is 24.0 Å². The molecule has 2 aromatic rings. The van der Waals surface area contributed by atoms with Crippen LogP contribution >= 0.6 is 0 Å². The minimum atomic E-state index is -0.656. The van der Waals surface area contributed by atoms with Crippen LogP contribution in [0.4, 0.5) is 0 Å². The second-order valence-corrected chi connectivity index (χ2v) is 10.8. The Bertz CT molecular complexity index is 1490. The molecule has 2 aliphatic rings. The van der Waals surface area contributed by atoms with Crippen molar-refractivity contribution in [2.45, 2.75) is 76.8 Å². The van der Waals surface area contributed by atoms with Crippen LogP contribution in [-0.2, 0) is 25.7 Å². The number of benzene rings is 2. The van der Waals surface area contributed by atoms with Crippen LogP contribution in [0.3, 0.4) is 0 Å². The van der Waals surface area contributed by atoms with Crippen LogP contribution in [0, 0.1) is 11.8 Å². The zero-order valence-electron chi connectivity index (χ0n) is 25.0. The van der Waals surface area contributed by atoms with Crippen molar-refractivity contribution >= 4 is 35.8 Å². The lowest BCUT2D eigenvalue weighted by atomic mass is 10.0. The lowest BCUT2D eigenvalue weighted by Gasteiger charge is -2.29. The maximum atomic E-state index is 13.0. The number of imide groups is 1. The fourth-order valence-electron chi connectivity index (χ4n) is 5.08. The Morgan fingerprint density at radius 3 is 2.51 bits per heavy atom. The van der Waals surface area contributed by atoms with Crippen molar-refractivity contribution in [3.63, 3.8) is 0 Å². The number of hydroxylamine groups is 1. The van der Waals surface area contributed by atoms with Crippen molar-refractivity contribution in [1.82, 2.24) is 21.1 Å². The minimum absolute atomic E-state index is 0.179. The van der Waals surface area contributed by atoms with Gasteiger partial charge in [-0.15, -0.1) is 0 Å². The molecule has 1 fully saturated rings. The first-order valence-corrected chi connectivity index (χ1v) is 15.1. The number of rotatable bonds is 14. The van der Waals surface area contributed by atoms with Crippen LogP contribution in [-0.4, -0.2) is 58.5 Å². The Kier molecular flexibility index (Phi) is 12.2. The van der Waals surface area contributed by atoms with Gasteiger partial charge in [0.05, 0.1) is 12.8 Å². The number of unbranched alkanes of at least 4 members (excludes halogenated alkanes) is 4. The Morgan fingerprint density at radius 1 is 1.02 bits per heavy atom. The predicted octanol–water partition coefficient (Wildman–Crippen LogP) is 2.95. The zero-order valence-corrected chi connectivity index (χ0v) is 25.0. The largest absolute Gasteiger partial charge is 0.494 e. The Labute approximate surface area is 261 Å². The molecule has 1 unspecified atom stereocenters. The summed E-state index contributed by atoms with van der Waals surface area (Å²) in [7, 11) is 0. The standard InChI is InChI=1S/C33H37N5O7/c39-29-19-18-28(32(42)35-29)38-22-27-24(10-8-11-26(27)33(38)43)9-4-3-7-20-45-25-16-14-23(15-17-25)21-34-36-30(40)12-5-1-2-6-13-31(41)37-44/h8,10-11,14-17,21,28,44H,1-3,5-7,12-13,18-20,22H2,(H,36,40)(H,37,41)(H,35,39,42)/b34-21+. The van der Waals surface area contributed by atoms with E-state index in [-0.39, 0.29) is 37.1 Å². The molecule has 2 aliphatic heterocycles. The second kappa shape index (κ2) is 16.7. The van der Waals surface area contributed by atoms with Crippen LogP contribution < -0.4 is 21.0 Å². The topological polar surface area (TPSA) is 166 Å². The highest BCUT2D eigenvalue weighted by Crippen LogP contribution is 2.29. The molecule has 2 heterocycles. The summed E-state index contributed by atoms with van der Waals surface area (Å²) in [5, 5.41) is 14.8. The summed E-state index contributed by atoms with van der Waals surface area (Å²) < 4.78 is 5.80. The molecule has 0 aromatic heterocycles. The number of hydrogen-bond acceptors (Lipinski definition) is 8. The highest BCUT2D eigenvalue weighted by atomic mass is 16.5. The van der Waals surface area contributed by atoms with Gasteiger partial charge in [-0.3, -0.25) is 34.5 Å². The molecule has 45 heavy (non-hydrogen) atoms. The van der Waals surface area contributed by atoms with Gasteiger partial charge < -0.3 is 9.64 Å². The highest BCUT2D eigenvalue weighted by Gasteiger charge is 2.39. The molecule has 0 bridgehead atoms. The number of nitrogens with zero attached hydrogens (tertiary/aromatic N) is 2. The van der Waals surface area contributed by atoms with Gasteiger partial charge in [0.25, 0.3) is 5.91 Å². The number of fused-ring (bicyclic) bond motifs is 1. The van der Waals surface area contributed by atoms with Gasteiger partial charge in [0.15, 0.2) is 0 Å². The maximum absolute atomic E-state index is 13.0. The number of piperidine rings is 1. The second-order valence-electron chi connectivity index (χ2n) is 10.8. The van der Waals surface area contributed by atoms with E-state index in [1.165, 1.54) is 4.90 Å². The molecule has 12 heteroatoms. The first-order valence-electron chi connectivity index (χ1n) is 15.1. The SMILES string of the molecule is O=C(CCCCCCC(=O)N/N=C/c1ccc(OCCCC#Cc2cccc3c2CN(C2CCC(=O)NC2=O)C3=O)cc1)NO. The van der Waals surface area contributed by atoms with E-state index in [0.717, 1.165) is 29.5 Å². The Morgan fingerprint density at radius 2 is 1.78 bits per heavy atom. The smallest absolute Gasteiger partial charge is 0.255 e. The fourth-order valence-corrected chi connectivity index (χ4v) is 5.08. The Balaban J connectivity index is 1.14. The monoisotopic (exact) mass is 615 g/mol. The molecule has 5 amide bonds. The minimum Gasteiger partial charge on any atom is -0.494 e. The summed E-state index contributed by atoms with van der Waals surface area (Å²) >= 11 is 0. The van der Waals surface area contributed by atoms with Crippen molar-refractivity contribution in [1.29, 1.82) is 0 Å². The lowest BCUT2D eigenvalue weighted by molar-refractivity contribution is -0.137. The van der Waals surface area contributed by atoms with E-state index >= 15 is 0 Å². The van der Waals surface area contributed by atoms with Gasteiger partial charge in [0, 0.05) is 43.4 Å². The van der Waals surface area contributed by atoms with Gasteiger partial charge >= 0.3 is 0 Å². The van der Waals surface area contributed by atoms with Crippen molar-refractivity contribution in [3.8, 4) is 17.6 Å². The molecule has 2 aromatic carbocycles. The molecule has 4 rings (SSSR count). The third-order valence-corrected chi connectivity index (χ3v) is 7.49. The molecule has 4 N–H and O–H groups in total. The van der Waals surface area contributed by atoms with Gasteiger partial charge in [0.1, 0.15) is 11.8 Å². The maximum Gasteiger partial charge on any atom is 0.255 e. The molecule has 0 aliphatic carbocycles. The van der Waals surface area contributed by atoms with Crippen LogP contribution in [0.5, 0.6) is 5.75 Å². The number of carbonyl (C=O) groups excluding carboxylic acids is 5. The molecule has 12 nitrogen and oxygen atoms in total. The van der Waals surface area contributed by atoms with Crippen molar-refractivity contribution < 1.29 is 33.9 Å². The molecule has 0 radical (unpaired) electrons. The number of ether oxygens (including phenoxy) is 1. The predicted molar refractivity (Wildman–Crippen MR) is 164 cm³/mol. The van der Waals surface area contributed by atoms with Crippen molar-refractivity contribution in [2.75, 3.05) is 6.61 Å². The summed E-state index contributed by atoms with van der Waals surface area (Å²) in [6.45, 7) is 0.763. The van der Waals surface area contributed by atoms with Crippen molar-refractivity contribution in [2.24, 2.45) is 5.10 Å². The number of nitrogens with one attached hydrogen (secondary N) is 3. The first-order chi connectivity index (χ1) is 21.9. The average Bonchev–Trinajstić information content (AvgIpc) is 3.37. The summed E-state index contributed by atoms with van der Waals surface area (Å²) in [6.07, 6.45) is 6.98. The highest BCUT2D eigenvalue weighted by molar-refractivity contribution is 6.05. The van der Waals surface area contributed by atoms with Crippen LogP contribution in [0.15, 0.2) is 47.6 Å². The summed E-state index contributed by atoms with van der Waals surface area (Å²) in [5.41, 5.74) is 7.02. The Hall–Kier alpha value is -5.02.